The summed E-state index contributed by atoms with van der Waals surface area (Å²) >= 11 is 4.03. The molecule has 1 heterocycles. The second-order valence-electron chi connectivity index (χ2n) is 9.58. The molecule has 1 aliphatic rings. The summed E-state index contributed by atoms with van der Waals surface area (Å²) in [5.41, 5.74) is 8.74. The van der Waals surface area contributed by atoms with E-state index < -0.39 is 8.32 Å². The quantitative estimate of drug-likeness (QED) is 0.121. The smallest absolute Gasteiger partial charge is 0.192 e. The Balaban J connectivity index is 3.16. The van der Waals surface area contributed by atoms with Crippen LogP contribution in [0.3, 0.4) is 0 Å². The highest BCUT2D eigenvalue weighted by atomic mass is 32.2. The Morgan fingerprint density at radius 2 is 1.82 bits per heavy atom. The first-order chi connectivity index (χ1) is 12.9. The maximum atomic E-state index is 11.8. The summed E-state index contributed by atoms with van der Waals surface area (Å²) in [5.74, 6) is 2.36. The minimum atomic E-state index is -2.01. The van der Waals surface area contributed by atoms with Gasteiger partial charge in [-0.3, -0.25) is 0 Å². The maximum Gasteiger partial charge on any atom is 0.192 e. The van der Waals surface area contributed by atoms with Crippen LogP contribution in [0.2, 0.25) is 18.1 Å². The van der Waals surface area contributed by atoms with E-state index >= 15 is 0 Å². The highest BCUT2D eigenvalue weighted by Gasteiger charge is 2.48. The van der Waals surface area contributed by atoms with Gasteiger partial charge in [0.2, 0.25) is 0 Å². The molecule has 0 aromatic rings. The molecule has 8 heteroatoms. The van der Waals surface area contributed by atoms with E-state index in [0.29, 0.717) is 0 Å². The van der Waals surface area contributed by atoms with Gasteiger partial charge in [-0.15, -0.1) is 23.5 Å². The predicted octanol–water partition coefficient (Wildman–Crippen LogP) is 6.89. The van der Waals surface area contributed by atoms with Crippen LogP contribution in [0.5, 0.6) is 0 Å². The highest BCUT2D eigenvalue weighted by Crippen LogP contribution is 2.53. The van der Waals surface area contributed by atoms with Crippen LogP contribution >= 0.6 is 23.5 Å². The zero-order chi connectivity index (χ0) is 21.6. The summed E-state index contributed by atoms with van der Waals surface area (Å²) in [5, 5.41) is 3.97. The van der Waals surface area contributed by atoms with Crippen LogP contribution in [0.15, 0.2) is 5.11 Å². The lowest BCUT2D eigenvalue weighted by Gasteiger charge is -2.48. The fourth-order valence-electron chi connectivity index (χ4n) is 3.29. The number of rotatable bonds is 10. The monoisotopic (exact) mass is 445 g/mol. The molecule has 0 N–H and O–H groups in total. The third-order valence-corrected chi connectivity index (χ3v) is 14.6. The summed E-state index contributed by atoms with van der Waals surface area (Å²) in [6.07, 6.45) is 4.00. The Kier molecular flexibility index (Phi) is 9.95. The molecule has 162 valence electrons. The molecule has 0 aromatic carbocycles. The molecule has 5 nitrogen and oxygen atoms in total. The normalized spacial score (nSPS) is 21.9. The molecule has 0 aromatic heterocycles. The molecule has 28 heavy (non-hydrogen) atoms. The van der Waals surface area contributed by atoms with Gasteiger partial charge < -0.3 is 9.22 Å². The topological polar surface area (TPSA) is 75.1 Å². The maximum absolute atomic E-state index is 11.8. The number of carbonyl (C=O) groups excluding carboxylic acids is 1. The van der Waals surface area contributed by atoms with Gasteiger partial charge in [-0.25, -0.2) is 0 Å². The standard InChI is InChI=1S/C20H39N3O2S2Si/c1-15(14-24)18(25-28(7,8)19(4,5)6)17(3)20(26-12-9-13-27-20)11-10-16(2)22-23-21/h14-18H,9-13H2,1-8H3/t15-,16-,17-,18+/m1/s1. The number of nitrogens with zero attached hydrogens (tertiary/aromatic N) is 3. The highest BCUT2D eigenvalue weighted by molar-refractivity contribution is 8.18. The summed E-state index contributed by atoms with van der Waals surface area (Å²) in [6.45, 7) is 17.5. The summed E-state index contributed by atoms with van der Waals surface area (Å²) in [4.78, 5) is 14.8. The molecule has 0 radical (unpaired) electrons. The second kappa shape index (κ2) is 10.8. The number of thioether (sulfide) groups is 2. The first-order valence-electron chi connectivity index (χ1n) is 10.4. The third kappa shape index (κ3) is 6.69. The molecule has 0 saturated carbocycles. The van der Waals surface area contributed by atoms with Gasteiger partial charge in [-0.2, -0.15) is 0 Å². The van der Waals surface area contributed by atoms with Crippen molar-refractivity contribution >= 4 is 38.1 Å². The minimum absolute atomic E-state index is 0.00177. The lowest BCUT2D eigenvalue weighted by molar-refractivity contribution is -0.114. The zero-order valence-electron chi connectivity index (χ0n) is 18.9. The Bertz CT molecular complexity index is 556. The Hall–Kier alpha value is -0.143. The molecule has 1 fully saturated rings. The lowest BCUT2D eigenvalue weighted by Crippen LogP contribution is -2.51. The fourth-order valence-corrected chi connectivity index (χ4v) is 8.35. The molecule has 1 rings (SSSR count). The van der Waals surface area contributed by atoms with E-state index in [1.54, 1.807) is 0 Å². The molecule has 1 saturated heterocycles. The summed E-state index contributed by atoms with van der Waals surface area (Å²) in [7, 11) is -2.01. The summed E-state index contributed by atoms with van der Waals surface area (Å²) < 4.78 is 6.85. The predicted molar refractivity (Wildman–Crippen MR) is 127 cm³/mol. The van der Waals surface area contributed by atoms with Gasteiger partial charge >= 0.3 is 0 Å². The molecular weight excluding hydrogens is 406 g/mol. The average molecular weight is 446 g/mol. The van der Waals surface area contributed by atoms with Crippen molar-refractivity contribution in [3.05, 3.63) is 10.4 Å². The third-order valence-electron chi connectivity index (χ3n) is 6.30. The Labute approximate surface area is 181 Å². The first kappa shape index (κ1) is 25.9. The van der Waals surface area contributed by atoms with Crippen LogP contribution in [0.4, 0.5) is 0 Å². The van der Waals surface area contributed by atoms with Crippen LogP contribution < -0.4 is 0 Å². The molecule has 0 unspecified atom stereocenters. The molecule has 1 aliphatic heterocycles. The van der Waals surface area contributed by atoms with E-state index in [0.717, 1.165) is 30.6 Å². The molecule has 0 spiro atoms. The minimum Gasteiger partial charge on any atom is -0.413 e. The van der Waals surface area contributed by atoms with Gasteiger partial charge in [0, 0.05) is 22.8 Å². The SMILES string of the molecule is C[C@H](CCC1([C@H](C)[C@@H](O[Si](C)(C)C(C)(C)C)[C@H](C)C=O)SCCCS1)N=[N+]=[N-]. The van der Waals surface area contributed by atoms with Crippen molar-refractivity contribution in [3.63, 3.8) is 0 Å². The van der Waals surface area contributed by atoms with E-state index in [1.165, 1.54) is 6.42 Å². The fraction of sp³-hybridized carbons (Fsp3) is 0.950. The van der Waals surface area contributed by atoms with Gasteiger partial charge in [0.05, 0.1) is 10.2 Å². The lowest BCUT2D eigenvalue weighted by atomic mass is 9.89. The van der Waals surface area contributed by atoms with E-state index in [9.17, 15) is 4.79 Å². The van der Waals surface area contributed by atoms with Gasteiger partial charge in [-0.05, 0) is 54.4 Å². The van der Waals surface area contributed by atoms with E-state index in [2.05, 4.69) is 50.8 Å². The van der Waals surface area contributed by atoms with Crippen molar-refractivity contribution in [2.75, 3.05) is 11.5 Å². The van der Waals surface area contributed by atoms with Gasteiger partial charge in [0.25, 0.3) is 0 Å². The van der Waals surface area contributed by atoms with Crippen molar-refractivity contribution in [2.24, 2.45) is 17.0 Å². The number of hydrogen-bond donors (Lipinski definition) is 0. The van der Waals surface area contributed by atoms with Crippen LogP contribution in [-0.4, -0.2) is 42.3 Å². The summed E-state index contributed by atoms with van der Waals surface area (Å²) in [6, 6.07) is -0.0135. The van der Waals surface area contributed by atoms with Crippen molar-refractivity contribution < 1.29 is 9.22 Å². The van der Waals surface area contributed by atoms with Crippen LogP contribution in [0.1, 0.15) is 60.8 Å². The Morgan fingerprint density at radius 3 is 2.29 bits per heavy atom. The molecule has 4 atom stereocenters. The van der Waals surface area contributed by atoms with Crippen LogP contribution in [0, 0.1) is 11.8 Å². The molecule has 0 bridgehead atoms. The van der Waals surface area contributed by atoms with Crippen LogP contribution in [-0.2, 0) is 9.22 Å². The zero-order valence-corrected chi connectivity index (χ0v) is 21.5. The van der Waals surface area contributed by atoms with E-state index in [4.69, 9.17) is 9.96 Å². The number of aldehydes is 1. The van der Waals surface area contributed by atoms with Crippen molar-refractivity contribution in [2.45, 2.75) is 95.2 Å². The van der Waals surface area contributed by atoms with Crippen molar-refractivity contribution in [1.29, 1.82) is 0 Å². The van der Waals surface area contributed by atoms with Gasteiger partial charge in [0.1, 0.15) is 6.29 Å². The van der Waals surface area contributed by atoms with E-state index in [1.807, 2.05) is 37.4 Å². The van der Waals surface area contributed by atoms with Gasteiger partial charge in [-0.1, -0.05) is 46.7 Å². The van der Waals surface area contributed by atoms with Crippen LogP contribution in [0.25, 0.3) is 10.4 Å². The van der Waals surface area contributed by atoms with Gasteiger partial charge in [0.15, 0.2) is 8.32 Å². The van der Waals surface area contributed by atoms with E-state index in [-0.39, 0.29) is 33.1 Å². The molecule has 0 aliphatic carbocycles. The average Bonchev–Trinajstić information content (AvgIpc) is 2.63. The molecule has 0 amide bonds. The number of carbonyl (C=O) groups is 1. The number of azide groups is 1. The Morgan fingerprint density at radius 1 is 1.25 bits per heavy atom. The first-order valence-corrected chi connectivity index (χ1v) is 15.2. The van der Waals surface area contributed by atoms with Crippen molar-refractivity contribution in [3.8, 4) is 0 Å². The van der Waals surface area contributed by atoms with Crippen molar-refractivity contribution in [1.82, 2.24) is 0 Å². The number of hydrogen-bond acceptors (Lipinski definition) is 5. The second-order valence-corrected chi connectivity index (χ2v) is 17.4. The molecular formula is C20H39N3O2S2Si. The largest absolute Gasteiger partial charge is 0.413 e.